The van der Waals surface area contributed by atoms with Crippen molar-refractivity contribution in [3.63, 3.8) is 0 Å². The summed E-state index contributed by atoms with van der Waals surface area (Å²) in [6.45, 7) is 2.01. The smallest absolute Gasteiger partial charge is 0.328 e. The average molecular weight is 386 g/mol. The molecule has 3 heterocycles. The van der Waals surface area contributed by atoms with Crippen molar-refractivity contribution >= 4 is 34.3 Å². The molecule has 0 amide bonds. The fraction of sp³-hybridized carbons (Fsp3) is 0.278. The molecule has 0 saturated carbocycles. The topological polar surface area (TPSA) is 146 Å². The van der Waals surface area contributed by atoms with Crippen molar-refractivity contribution in [1.82, 2.24) is 10.3 Å². The lowest BCUT2D eigenvalue weighted by Gasteiger charge is -2.28. The number of anilines is 1. The number of piperazine rings is 1. The zero-order chi connectivity index (χ0) is 20.3. The molecule has 3 N–H and O–H groups in total. The van der Waals surface area contributed by atoms with E-state index in [2.05, 4.69) is 15.2 Å². The van der Waals surface area contributed by atoms with Gasteiger partial charge in [0.05, 0.1) is 10.4 Å². The summed E-state index contributed by atoms with van der Waals surface area (Å²) >= 11 is 0. The summed E-state index contributed by atoms with van der Waals surface area (Å²) in [5.74, 6) is -1.54. The molecule has 146 valence electrons. The number of nitrogens with one attached hydrogen (secondary N) is 1. The predicted octanol–water partition coefficient (Wildman–Crippen LogP) is 1.41. The monoisotopic (exact) mass is 386 g/mol. The second-order valence-electron chi connectivity index (χ2n) is 6.46. The van der Waals surface area contributed by atoms with Crippen LogP contribution in [0.5, 0.6) is 0 Å². The Balaban J connectivity index is 0.000000242. The van der Waals surface area contributed by atoms with Crippen molar-refractivity contribution in [1.29, 1.82) is 0 Å². The minimum atomic E-state index is -1.26. The fourth-order valence-corrected chi connectivity index (χ4v) is 3.36. The summed E-state index contributed by atoms with van der Waals surface area (Å²) in [6, 6.07) is 9.80. The van der Waals surface area contributed by atoms with E-state index in [1.165, 1.54) is 12.5 Å². The van der Waals surface area contributed by atoms with Crippen LogP contribution in [0, 0.1) is 10.1 Å². The highest BCUT2D eigenvalue weighted by Gasteiger charge is 2.38. The van der Waals surface area contributed by atoms with Crippen LogP contribution in [0.25, 0.3) is 10.9 Å². The van der Waals surface area contributed by atoms with E-state index in [-0.39, 0.29) is 10.6 Å². The molecule has 2 aliphatic heterocycles. The highest BCUT2D eigenvalue weighted by molar-refractivity contribution is 5.89. The number of carboxylic acids is 2. The molecule has 0 unspecified atom stereocenters. The van der Waals surface area contributed by atoms with Crippen LogP contribution >= 0.6 is 0 Å². The summed E-state index contributed by atoms with van der Waals surface area (Å²) in [4.78, 5) is 36.5. The van der Waals surface area contributed by atoms with E-state index in [9.17, 15) is 19.7 Å². The number of carbonyl (C=O) groups is 2. The van der Waals surface area contributed by atoms with Crippen molar-refractivity contribution in [3.05, 3.63) is 52.6 Å². The standard InChI is InChI=1S/C14H14N4O2.C4H4O4/c19-18(20)11-2-3-13-9(5-11)1-4-14(16-13)17-8-10-6-12(17)7-15-10;5-3(6)1-2-4(7)8/h1-5,10,12,15H,6-8H2;1-2H,(H,5,6)(H,7,8)/b;2-1+/t10-,12-;/m0./s1. The van der Waals surface area contributed by atoms with E-state index in [0.29, 0.717) is 24.2 Å². The Hall–Kier alpha value is -3.53. The number of non-ortho nitro benzene ring substituents is 1. The van der Waals surface area contributed by atoms with Gasteiger partial charge in [0.15, 0.2) is 0 Å². The lowest BCUT2D eigenvalue weighted by molar-refractivity contribution is -0.384. The number of nitro groups is 1. The van der Waals surface area contributed by atoms with Gasteiger partial charge in [0.1, 0.15) is 5.82 Å². The first-order chi connectivity index (χ1) is 13.3. The van der Waals surface area contributed by atoms with Crippen LogP contribution in [0.1, 0.15) is 6.42 Å². The molecule has 2 fully saturated rings. The Morgan fingerprint density at radius 3 is 2.46 bits per heavy atom. The van der Waals surface area contributed by atoms with Crippen LogP contribution in [-0.2, 0) is 9.59 Å². The zero-order valence-electron chi connectivity index (χ0n) is 14.7. The average Bonchev–Trinajstić information content (AvgIpc) is 3.29. The molecule has 4 rings (SSSR count). The SMILES string of the molecule is O=C(O)/C=C/C(=O)O.O=[N+]([O-])c1ccc2nc(N3C[C@@H]4C[C@H]3CN4)ccc2c1. The number of aliphatic carboxylic acids is 2. The van der Waals surface area contributed by atoms with Crippen molar-refractivity contribution in [2.45, 2.75) is 18.5 Å². The van der Waals surface area contributed by atoms with E-state index in [4.69, 9.17) is 10.2 Å². The Bertz CT molecular complexity index is 944. The summed E-state index contributed by atoms with van der Waals surface area (Å²) < 4.78 is 0. The number of nitrogens with zero attached hydrogens (tertiary/aromatic N) is 3. The van der Waals surface area contributed by atoms with Crippen molar-refractivity contribution in [2.75, 3.05) is 18.0 Å². The van der Waals surface area contributed by atoms with Gasteiger partial charge < -0.3 is 20.4 Å². The number of aromatic nitrogens is 1. The maximum atomic E-state index is 10.8. The van der Waals surface area contributed by atoms with E-state index >= 15 is 0 Å². The minimum absolute atomic E-state index is 0.108. The molecule has 2 saturated heterocycles. The summed E-state index contributed by atoms with van der Waals surface area (Å²) in [5.41, 5.74) is 0.917. The van der Waals surface area contributed by atoms with Gasteiger partial charge in [0.25, 0.3) is 5.69 Å². The molecular formula is C18H18N4O6. The molecule has 2 bridgehead atoms. The molecule has 28 heavy (non-hydrogen) atoms. The molecule has 2 aromatic rings. The summed E-state index contributed by atoms with van der Waals surface area (Å²) in [6.07, 6.45) is 2.30. The number of benzene rings is 1. The van der Waals surface area contributed by atoms with Crippen molar-refractivity contribution < 1.29 is 24.7 Å². The number of carboxylic acid groups (broad SMARTS) is 2. The number of fused-ring (bicyclic) bond motifs is 3. The number of rotatable bonds is 4. The third-order valence-corrected chi connectivity index (χ3v) is 4.59. The molecule has 10 nitrogen and oxygen atoms in total. The largest absolute Gasteiger partial charge is 0.478 e. The van der Waals surface area contributed by atoms with Crippen LogP contribution in [0.3, 0.4) is 0 Å². The number of pyridine rings is 1. The lowest BCUT2D eigenvalue weighted by atomic mass is 10.2. The second kappa shape index (κ2) is 8.01. The van der Waals surface area contributed by atoms with Gasteiger partial charge in [0, 0.05) is 54.8 Å². The van der Waals surface area contributed by atoms with Crippen LogP contribution < -0.4 is 10.2 Å². The van der Waals surface area contributed by atoms with E-state index in [1.807, 2.05) is 12.1 Å². The van der Waals surface area contributed by atoms with Gasteiger partial charge in [-0.25, -0.2) is 14.6 Å². The van der Waals surface area contributed by atoms with Crippen molar-refractivity contribution in [2.24, 2.45) is 0 Å². The molecule has 10 heteroatoms. The molecule has 2 atom stereocenters. The minimum Gasteiger partial charge on any atom is -0.478 e. The van der Waals surface area contributed by atoms with Crippen LogP contribution in [0.2, 0.25) is 0 Å². The quantitative estimate of drug-likeness (QED) is 0.403. The van der Waals surface area contributed by atoms with Gasteiger partial charge >= 0.3 is 11.9 Å². The predicted molar refractivity (Wildman–Crippen MR) is 100 cm³/mol. The van der Waals surface area contributed by atoms with Gasteiger partial charge in [-0.2, -0.15) is 0 Å². The Morgan fingerprint density at radius 2 is 1.93 bits per heavy atom. The molecule has 0 radical (unpaired) electrons. The second-order valence-corrected chi connectivity index (χ2v) is 6.46. The van der Waals surface area contributed by atoms with Crippen LogP contribution in [0.4, 0.5) is 11.5 Å². The van der Waals surface area contributed by atoms with Crippen LogP contribution in [0.15, 0.2) is 42.5 Å². The molecular weight excluding hydrogens is 368 g/mol. The Morgan fingerprint density at radius 1 is 1.21 bits per heavy atom. The van der Waals surface area contributed by atoms with Gasteiger partial charge in [-0.1, -0.05) is 0 Å². The van der Waals surface area contributed by atoms with Crippen molar-refractivity contribution in [3.8, 4) is 0 Å². The van der Waals surface area contributed by atoms with E-state index < -0.39 is 11.9 Å². The number of nitro benzene ring substituents is 1. The van der Waals surface area contributed by atoms with E-state index in [0.717, 1.165) is 29.8 Å². The third-order valence-electron chi connectivity index (χ3n) is 4.59. The Labute approximate surface area is 159 Å². The first-order valence-electron chi connectivity index (χ1n) is 8.52. The maximum Gasteiger partial charge on any atom is 0.328 e. The fourth-order valence-electron chi connectivity index (χ4n) is 3.36. The summed E-state index contributed by atoms with van der Waals surface area (Å²) in [5, 5.41) is 30.7. The highest BCUT2D eigenvalue weighted by atomic mass is 16.6. The van der Waals surface area contributed by atoms with E-state index in [1.54, 1.807) is 12.1 Å². The highest BCUT2D eigenvalue weighted by Crippen LogP contribution is 2.30. The third kappa shape index (κ3) is 4.41. The molecule has 1 aromatic carbocycles. The number of hydrogen-bond acceptors (Lipinski definition) is 7. The van der Waals surface area contributed by atoms with Gasteiger partial charge in [-0.3, -0.25) is 10.1 Å². The first kappa shape index (κ1) is 19.2. The normalized spacial score (nSPS) is 20.2. The zero-order valence-corrected chi connectivity index (χ0v) is 14.7. The lowest BCUT2D eigenvalue weighted by Crippen LogP contribution is -2.43. The molecule has 2 aliphatic rings. The van der Waals surface area contributed by atoms with Gasteiger partial charge in [-0.15, -0.1) is 0 Å². The first-order valence-corrected chi connectivity index (χ1v) is 8.52. The maximum absolute atomic E-state index is 10.8. The van der Waals surface area contributed by atoms with Gasteiger partial charge in [0.2, 0.25) is 0 Å². The summed E-state index contributed by atoms with van der Waals surface area (Å²) in [7, 11) is 0. The van der Waals surface area contributed by atoms with Crippen LogP contribution in [-0.4, -0.2) is 57.2 Å². The molecule has 0 spiro atoms. The number of hydrogen-bond donors (Lipinski definition) is 3. The molecule has 1 aromatic heterocycles. The molecule has 0 aliphatic carbocycles. The van der Waals surface area contributed by atoms with Gasteiger partial charge in [-0.05, 0) is 24.6 Å². The Kier molecular flexibility index (Phi) is 5.50.